The molecule has 1 aromatic carbocycles. The van der Waals surface area contributed by atoms with Crippen LogP contribution in [0.3, 0.4) is 0 Å². The van der Waals surface area contributed by atoms with E-state index in [1.807, 2.05) is 6.07 Å². The van der Waals surface area contributed by atoms with Gasteiger partial charge in [0.2, 0.25) is 0 Å². The molecule has 2 saturated carbocycles. The number of halogens is 1. The van der Waals surface area contributed by atoms with Crippen molar-refractivity contribution in [3.63, 3.8) is 0 Å². The molecule has 2 N–H and O–H groups in total. The van der Waals surface area contributed by atoms with E-state index in [-0.39, 0.29) is 0 Å². The van der Waals surface area contributed by atoms with Crippen LogP contribution in [0.15, 0.2) is 22.7 Å². The van der Waals surface area contributed by atoms with Crippen LogP contribution >= 0.6 is 11.6 Å². The minimum atomic E-state index is 0.471. The summed E-state index contributed by atoms with van der Waals surface area (Å²) in [7, 11) is 0. The molecular formula is C15H16ClN3O. The second-order valence-corrected chi connectivity index (χ2v) is 6.39. The highest BCUT2D eigenvalue weighted by molar-refractivity contribution is 6.33. The van der Waals surface area contributed by atoms with E-state index in [1.165, 1.54) is 25.7 Å². The number of hydrogen-bond acceptors (Lipinski definition) is 4. The van der Waals surface area contributed by atoms with Crippen molar-refractivity contribution in [2.45, 2.75) is 31.6 Å². The standard InChI is InChI=1S/C15H16ClN3O/c16-13-7-10(17)3-4-11(13)15-18-14(19-20-15)12-6-8-1-2-9(12)5-8/h3-4,7-9,12H,1-2,5-6,17H2. The van der Waals surface area contributed by atoms with Crippen molar-refractivity contribution < 1.29 is 4.52 Å². The molecule has 3 unspecified atom stereocenters. The number of nitrogen functional groups attached to an aromatic ring is 1. The summed E-state index contributed by atoms with van der Waals surface area (Å²) >= 11 is 6.19. The summed E-state index contributed by atoms with van der Waals surface area (Å²) in [6, 6.07) is 5.33. The Balaban J connectivity index is 1.65. The lowest BCUT2D eigenvalue weighted by Crippen LogP contribution is -2.09. The Labute approximate surface area is 122 Å². The first-order chi connectivity index (χ1) is 9.70. The van der Waals surface area contributed by atoms with Gasteiger partial charge in [-0.2, -0.15) is 4.98 Å². The van der Waals surface area contributed by atoms with E-state index in [2.05, 4.69) is 10.1 Å². The largest absolute Gasteiger partial charge is 0.399 e. The zero-order valence-electron chi connectivity index (χ0n) is 11.1. The van der Waals surface area contributed by atoms with Crippen LogP contribution in [0.25, 0.3) is 11.5 Å². The molecule has 1 aromatic heterocycles. The summed E-state index contributed by atoms with van der Waals surface area (Å²) in [5.41, 5.74) is 7.08. The number of nitrogens with zero attached hydrogens (tertiary/aromatic N) is 2. The molecule has 2 aliphatic rings. The third-order valence-electron chi connectivity index (χ3n) is 4.74. The quantitative estimate of drug-likeness (QED) is 0.852. The van der Waals surface area contributed by atoms with Gasteiger partial charge in [-0.1, -0.05) is 23.2 Å². The molecule has 4 rings (SSSR count). The van der Waals surface area contributed by atoms with Crippen molar-refractivity contribution in [2.75, 3.05) is 5.73 Å². The van der Waals surface area contributed by atoms with Gasteiger partial charge in [0.05, 0.1) is 10.6 Å². The molecule has 0 amide bonds. The van der Waals surface area contributed by atoms with Crippen molar-refractivity contribution in [3.05, 3.63) is 29.0 Å². The van der Waals surface area contributed by atoms with Crippen LogP contribution in [0.2, 0.25) is 5.02 Å². The van der Waals surface area contributed by atoms with Crippen molar-refractivity contribution in [1.29, 1.82) is 0 Å². The molecule has 0 radical (unpaired) electrons. The van der Waals surface area contributed by atoms with Gasteiger partial charge in [0.25, 0.3) is 5.89 Å². The lowest BCUT2D eigenvalue weighted by atomic mass is 9.88. The minimum absolute atomic E-state index is 0.471. The number of benzene rings is 1. The summed E-state index contributed by atoms with van der Waals surface area (Å²) in [5, 5.41) is 4.73. The lowest BCUT2D eigenvalue weighted by molar-refractivity contribution is 0.372. The molecule has 0 spiro atoms. The third kappa shape index (κ3) is 1.90. The van der Waals surface area contributed by atoms with E-state index in [9.17, 15) is 0 Å². The maximum absolute atomic E-state index is 6.19. The smallest absolute Gasteiger partial charge is 0.259 e. The molecule has 2 aliphatic carbocycles. The lowest BCUT2D eigenvalue weighted by Gasteiger charge is -2.17. The molecule has 2 fully saturated rings. The van der Waals surface area contributed by atoms with Gasteiger partial charge in [-0.3, -0.25) is 0 Å². The first-order valence-electron chi connectivity index (χ1n) is 7.09. The second-order valence-electron chi connectivity index (χ2n) is 5.98. The Morgan fingerprint density at radius 1 is 1.25 bits per heavy atom. The molecule has 4 nitrogen and oxygen atoms in total. The van der Waals surface area contributed by atoms with E-state index in [4.69, 9.17) is 21.9 Å². The SMILES string of the molecule is Nc1ccc(-c2nc(C3CC4CCC3C4)no2)c(Cl)c1. The van der Waals surface area contributed by atoms with Gasteiger partial charge >= 0.3 is 0 Å². The first kappa shape index (κ1) is 12.2. The molecule has 3 atom stereocenters. The van der Waals surface area contributed by atoms with E-state index >= 15 is 0 Å². The second kappa shape index (κ2) is 4.48. The van der Waals surface area contributed by atoms with Crippen LogP contribution in [0.1, 0.15) is 37.4 Å². The van der Waals surface area contributed by atoms with Crippen LogP contribution in [0.4, 0.5) is 5.69 Å². The Morgan fingerprint density at radius 2 is 2.15 bits per heavy atom. The van der Waals surface area contributed by atoms with Crippen LogP contribution in [-0.2, 0) is 0 Å². The summed E-state index contributed by atoms with van der Waals surface area (Å²) in [6.07, 6.45) is 5.22. The fourth-order valence-electron chi connectivity index (χ4n) is 3.76. The Morgan fingerprint density at radius 3 is 2.85 bits per heavy atom. The average molecular weight is 290 g/mol. The van der Waals surface area contributed by atoms with Gasteiger partial charge in [0.15, 0.2) is 5.82 Å². The zero-order chi connectivity index (χ0) is 13.7. The van der Waals surface area contributed by atoms with Gasteiger partial charge in [-0.15, -0.1) is 0 Å². The molecule has 2 aromatic rings. The van der Waals surface area contributed by atoms with Gasteiger partial charge in [0, 0.05) is 11.6 Å². The Bertz CT molecular complexity index is 654. The molecule has 20 heavy (non-hydrogen) atoms. The molecule has 5 heteroatoms. The Hall–Kier alpha value is -1.55. The number of fused-ring (bicyclic) bond motifs is 2. The fraction of sp³-hybridized carbons (Fsp3) is 0.467. The molecule has 0 saturated heterocycles. The number of hydrogen-bond donors (Lipinski definition) is 1. The number of anilines is 1. The highest BCUT2D eigenvalue weighted by Crippen LogP contribution is 2.52. The van der Waals surface area contributed by atoms with E-state index in [0.717, 1.165) is 23.2 Å². The maximum Gasteiger partial charge on any atom is 0.259 e. The zero-order valence-corrected chi connectivity index (χ0v) is 11.8. The normalized spacial score (nSPS) is 28.1. The van der Waals surface area contributed by atoms with Crippen molar-refractivity contribution in [2.24, 2.45) is 11.8 Å². The van der Waals surface area contributed by atoms with Crippen molar-refractivity contribution in [3.8, 4) is 11.5 Å². The number of nitrogens with two attached hydrogens (primary N) is 1. The van der Waals surface area contributed by atoms with Crippen LogP contribution in [-0.4, -0.2) is 10.1 Å². The average Bonchev–Trinajstić information content (AvgIpc) is 3.14. The predicted octanol–water partition coefficient (Wildman–Crippen LogP) is 3.88. The van der Waals surface area contributed by atoms with Crippen molar-refractivity contribution in [1.82, 2.24) is 10.1 Å². The molecule has 0 aliphatic heterocycles. The van der Waals surface area contributed by atoms with Crippen LogP contribution < -0.4 is 5.73 Å². The number of rotatable bonds is 2. The highest BCUT2D eigenvalue weighted by atomic mass is 35.5. The Kier molecular flexibility index (Phi) is 2.74. The maximum atomic E-state index is 6.19. The van der Waals surface area contributed by atoms with Gasteiger partial charge in [-0.25, -0.2) is 0 Å². The van der Waals surface area contributed by atoms with Crippen LogP contribution in [0, 0.1) is 11.8 Å². The summed E-state index contributed by atoms with van der Waals surface area (Å²) in [4.78, 5) is 4.57. The number of aromatic nitrogens is 2. The van der Waals surface area contributed by atoms with E-state index < -0.39 is 0 Å². The summed E-state index contributed by atoms with van der Waals surface area (Å²) < 4.78 is 5.41. The molecule has 104 valence electrons. The summed E-state index contributed by atoms with van der Waals surface area (Å²) in [5.74, 6) is 3.42. The van der Waals surface area contributed by atoms with Crippen molar-refractivity contribution >= 4 is 17.3 Å². The van der Waals surface area contributed by atoms with E-state index in [0.29, 0.717) is 22.5 Å². The van der Waals surface area contributed by atoms with Gasteiger partial charge < -0.3 is 10.3 Å². The first-order valence-corrected chi connectivity index (χ1v) is 7.47. The molecule has 2 bridgehead atoms. The summed E-state index contributed by atoms with van der Waals surface area (Å²) in [6.45, 7) is 0. The molecule has 1 heterocycles. The van der Waals surface area contributed by atoms with Crippen LogP contribution in [0.5, 0.6) is 0 Å². The fourth-order valence-corrected chi connectivity index (χ4v) is 4.03. The van der Waals surface area contributed by atoms with E-state index in [1.54, 1.807) is 12.1 Å². The monoisotopic (exact) mass is 289 g/mol. The molecular weight excluding hydrogens is 274 g/mol. The van der Waals surface area contributed by atoms with Gasteiger partial charge in [0.1, 0.15) is 0 Å². The highest BCUT2D eigenvalue weighted by Gasteiger charge is 2.42. The predicted molar refractivity (Wildman–Crippen MR) is 77.3 cm³/mol. The topological polar surface area (TPSA) is 64.9 Å². The van der Waals surface area contributed by atoms with Gasteiger partial charge in [-0.05, 0) is 49.3 Å². The minimum Gasteiger partial charge on any atom is -0.399 e. The third-order valence-corrected chi connectivity index (χ3v) is 5.05.